The third-order valence-corrected chi connectivity index (χ3v) is 4.90. The van der Waals surface area contributed by atoms with Crippen LogP contribution in [0.15, 0.2) is 41.0 Å². The smallest absolute Gasteiger partial charge is 0.291 e. The number of benzene rings is 1. The van der Waals surface area contributed by atoms with Crippen molar-refractivity contribution in [3.63, 3.8) is 0 Å². The van der Waals surface area contributed by atoms with Gasteiger partial charge in [-0.25, -0.2) is 0 Å². The molecule has 1 aliphatic rings. The number of amides is 2. The Balaban J connectivity index is 1.75. The highest BCUT2D eigenvalue weighted by molar-refractivity contribution is 6.05. The molecule has 1 fully saturated rings. The van der Waals surface area contributed by atoms with Crippen LogP contribution < -0.4 is 15.5 Å². The highest BCUT2D eigenvalue weighted by atomic mass is 16.5. The van der Waals surface area contributed by atoms with Crippen LogP contribution in [0.1, 0.15) is 53.5 Å². The van der Waals surface area contributed by atoms with Gasteiger partial charge in [-0.2, -0.15) is 0 Å². The molecule has 7 nitrogen and oxygen atoms in total. The Hall–Kier alpha value is -2.80. The Labute approximate surface area is 171 Å². The minimum Gasteiger partial charge on any atom is -0.459 e. The van der Waals surface area contributed by atoms with Crippen molar-refractivity contribution in [1.29, 1.82) is 0 Å². The van der Waals surface area contributed by atoms with Gasteiger partial charge in [0, 0.05) is 44.2 Å². The second-order valence-electron chi connectivity index (χ2n) is 7.02. The SMILES string of the molecule is CCOCCCNC(=O)c1cc(NC(=O)c2ccco2)ccc1N1CCCCC1. The van der Waals surface area contributed by atoms with Gasteiger partial charge in [0.2, 0.25) is 0 Å². The van der Waals surface area contributed by atoms with E-state index in [1.165, 1.54) is 12.7 Å². The van der Waals surface area contributed by atoms with Crippen LogP contribution in [0.4, 0.5) is 11.4 Å². The summed E-state index contributed by atoms with van der Waals surface area (Å²) in [6.07, 6.45) is 5.66. The topological polar surface area (TPSA) is 83.8 Å². The van der Waals surface area contributed by atoms with Crippen molar-refractivity contribution in [2.75, 3.05) is 43.1 Å². The quantitative estimate of drug-likeness (QED) is 0.629. The minimum atomic E-state index is -0.344. The van der Waals surface area contributed by atoms with Crippen LogP contribution in [0, 0.1) is 0 Å². The van der Waals surface area contributed by atoms with Crippen LogP contribution >= 0.6 is 0 Å². The summed E-state index contributed by atoms with van der Waals surface area (Å²) in [6.45, 7) is 5.65. The number of nitrogens with zero attached hydrogens (tertiary/aromatic N) is 1. The second kappa shape index (κ2) is 10.7. The van der Waals surface area contributed by atoms with E-state index >= 15 is 0 Å². The summed E-state index contributed by atoms with van der Waals surface area (Å²) >= 11 is 0. The summed E-state index contributed by atoms with van der Waals surface area (Å²) in [5.74, 6) is -0.257. The Morgan fingerprint density at radius 2 is 1.97 bits per heavy atom. The van der Waals surface area contributed by atoms with Gasteiger partial charge in [-0.1, -0.05) is 0 Å². The van der Waals surface area contributed by atoms with E-state index in [2.05, 4.69) is 15.5 Å². The average Bonchev–Trinajstić information content (AvgIpc) is 3.29. The number of furan rings is 1. The normalized spacial score (nSPS) is 13.9. The molecule has 0 bridgehead atoms. The molecule has 0 unspecified atom stereocenters. The molecule has 2 heterocycles. The van der Waals surface area contributed by atoms with Crippen molar-refractivity contribution < 1.29 is 18.7 Å². The molecule has 0 saturated carbocycles. The van der Waals surface area contributed by atoms with E-state index in [1.54, 1.807) is 18.2 Å². The molecule has 7 heteroatoms. The molecular weight excluding hydrogens is 370 g/mol. The van der Waals surface area contributed by atoms with Crippen LogP contribution in [-0.2, 0) is 4.74 Å². The predicted octanol–water partition coefficient (Wildman–Crippen LogP) is 3.68. The van der Waals surface area contributed by atoms with E-state index in [0.717, 1.165) is 38.0 Å². The minimum absolute atomic E-state index is 0.142. The molecule has 2 amide bonds. The third kappa shape index (κ3) is 5.84. The first kappa shape index (κ1) is 20.9. The summed E-state index contributed by atoms with van der Waals surface area (Å²) in [5.41, 5.74) is 2.04. The molecule has 2 N–H and O–H groups in total. The average molecular weight is 399 g/mol. The fourth-order valence-electron chi connectivity index (χ4n) is 3.42. The van der Waals surface area contributed by atoms with Crippen LogP contribution in [-0.4, -0.2) is 44.7 Å². The lowest BCUT2D eigenvalue weighted by Gasteiger charge is -2.30. The molecule has 0 radical (unpaired) electrons. The van der Waals surface area contributed by atoms with Crippen LogP contribution in [0.2, 0.25) is 0 Å². The van der Waals surface area contributed by atoms with E-state index in [0.29, 0.717) is 31.0 Å². The number of piperidine rings is 1. The second-order valence-corrected chi connectivity index (χ2v) is 7.02. The van der Waals surface area contributed by atoms with E-state index in [4.69, 9.17) is 9.15 Å². The molecule has 1 aliphatic heterocycles. The highest BCUT2D eigenvalue weighted by Crippen LogP contribution is 2.27. The molecule has 1 aromatic heterocycles. The van der Waals surface area contributed by atoms with Crippen LogP contribution in [0.3, 0.4) is 0 Å². The number of rotatable bonds is 9. The van der Waals surface area contributed by atoms with E-state index in [1.807, 2.05) is 19.1 Å². The lowest BCUT2D eigenvalue weighted by Crippen LogP contribution is -2.33. The van der Waals surface area contributed by atoms with Gasteiger partial charge in [0.05, 0.1) is 11.8 Å². The van der Waals surface area contributed by atoms with Gasteiger partial charge >= 0.3 is 0 Å². The number of nitrogens with one attached hydrogen (secondary N) is 2. The maximum Gasteiger partial charge on any atom is 0.291 e. The summed E-state index contributed by atoms with van der Waals surface area (Å²) in [7, 11) is 0. The number of hydrogen-bond acceptors (Lipinski definition) is 5. The summed E-state index contributed by atoms with van der Waals surface area (Å²) in [4.78, 5) is 27.4. The Morgan fingerprint density at radius 1 is 1.14 bits per heavy atom. The zero-order valence-corrected chi connectivity index (χ0v) is 16.9. The monoisotopic (exact) mass is 399 g/mol. The predicted molar refractivity (Wildman–Crippen MR) is 113 cm³/mol. The first-order valence-electron chi connectivity index (χ1n) is 10.3. The van der Waals surface area contributed by atoms with Gasteiger partial charge in [-0.15, -0.1) is 0 Å². The number of carbonyl (C=O) groups excluding carboxylic acids is 2. The van der Waals surface area contributed by atoms with Crippen molar-refractivity contribution >= 4 is 23.2 Å². The summed E-state index contributed by atoms with van der Waals surface area (Å²) < 4.78 is 10.5. The first-order valence-corrected chi connectivity index (χ1v) is 10.3. The van der Waals surface area contributed by atoms with Gasteiger partial charge in [-0.3, -0.25) is 9.59 Å². The first-order chi connectivity index (χ1) is 14.2. The van der Waals surface area contributed by atoms with Gasteiger partial charge in [0.25, 0.3) is 11.8 Å². The molecule has 29 heavy (non-hydrogen) atoms. The van der Waals surface area contributed by atoms with Crippen molar-refractivity contribution in [1.82, 2.24) is 5.32 Å². The molecule has 3 rings (SSSR count). The van der Waals surface area contributed by atoms with Gasteiger partial charge in [0.15, 0.2) is 5.76 Å². The molecule has 1 aromatic carbocycles. The summed E-state index contributed by atoms with van der Waals surface area (Å²) in [6, 6.07) is 8.75. The van der Waals surface area contributed by atoms with E-state index in [9.17, 15) is 9.59 Å². The maximum atomic E-state index is 12.9. The summed E-state index contributed by atoms with van der Waals surface area (Å²) in [5, 5.41) is 5.77. The van der Waals surface area contributed by atoms with Gasteiger partial charge < -0.3 is 24.7 Å². The highest BCUT2D eigenvalue weighted by Gasteiger charge is 2.20. The fraction of sp³-hybridized carbons (Fsp3) is 0.455. The molecule has 2 aromatic rings. The lowest BCUT2D eigenvalue weighted by atomic mass is 10.1. The number of anilines is 2. The largest absolute Gasteiger partial charge is 0.459 e. The molecule has 0 aliphatic carbocycles. The zero-order chi connectivity index (χ0) is 20.5. The van der Waals surface area contributed by atoms with E-state index < -0.39 is 0 Å². The fourth-order valence-corrected chi connectivity index (χ4v) is 3.42. The van der Waals surface area contributed by atoms with Gasteiger partial charge in [-0.05, 0) is 62.9 Å². The Bertz CT molecular complexity index is 798. The van der Waals surface area contributed by atoms with Crippen LogP contribution in [0.5, 0.6) is 0 Å². The number of hydrogen-bond donors (Lipinski definition) is 2. The maximum absolute atomic E-state index is 12.9. The van der Waals surface area contributed by atoms with Crippen molar-refractivity contribution in [3.8, 4) is 0 Å². The van der Waals surface area contributed by atoms with Crippen molar-refractivity contribution in [3.05, 3.63) is 47.9 Å². The van der Waals surface area contributed by atoms with Crippen LogP contribution in [0.25, 0.3) is 0 Å². The van der Waals surface area contributed by atoms with Crippen molar-refractivity contribution in [2.45, 2.75) is 32.6 Å². The lowest BCUT2D eigenvalue weighted by molar-refractivity contribution is 0.0942. The zero-order valence-electron chi connectivity index (χ0n) is 16.9. The Morgan fingerprint density at radius 3 is 2.69 bits per heavy atom. The molecule has 156 valence electrons. The number of ether oxygens (including phenoxy) is 1. The standard InChI is InChI=1S/C22H29N3O4/c1-2-28-14-7-11-23-21(26)18-16-17(24-22(27)20-8-6-15-29-20)9-10-19(18)25-12-4-3-5-13-25/h6,8-10,15-16H,2-5,7,11-14H2,1H3,(H,23,26)(H,24,27). The molecule has 0 atom stereocenters. The third-order valence-electron chi connectivity index (χ3n) is 4.90. The molecule has 1 saturated heterocycles. The molecular formula is C22H29N3O4. The van der Waals surface area contributed by atoms with Gasteiger partial charge in [0.1, 0.15) is 0 Å². The van der Waals surface area contributed by atoms with Crippen molar-refractivity contribution in [2.24, 2.45) is 0 Å². The number of carbonyl (C=O) groups is 2. The molecule has 0 spiro atoms. The Kier molecular flexibility index (Phi) is 7.69. The van der Waals surface area contributed by atoms with E-state index in [-0.39, 0.29) is 17.6 Å².